The Morgan fingerprint density at radius 1 is 1.00 bits per heavy atom. The number of rotatable bonds is 8. The molecule has 3 aromatic rings. The summed E-state index contributed by atoms with van der Waals surface area (Å²) in [5.74, 6) is 0. The van der Waals surface area contributed by atoms with Gasteiger partial charge in [0.05, 0.1) is 17.9 Å². The summed E-state index contributed by atoms with van der Waals surface area (Å²) < 4.78 is 3.90. The van der Waals surface area contributed by atoms with Crippen LogP contribution in [0.2, 0.25) is 10.2 Å². The summed E-state index contributed by atoms with van der Waals surface area (Å²) in [6.45, 7) is 9.26. The lowest BCUT2D eigenvalue weighted by Gasteiger charge is -2.07. The van der Waals surface area contributed by atoms with E-state index in [1.165, 1.54) is 5.69 Å². The van der Waals surface area contributed by atoms with Crippen LogP contribution in [0.15, 0.2) is 30.3 Å². The number of nitrogens with zero attached hydrogens (tertiary/aromatic N) is 4. The van der Waals surface area contributed by atoms with Crippen molar-refractivity contribution in [3.05, 3.63) is 68.7 Å². The Bertz CT molecular complexity index is 896. The van der Waals surface area contributed by atoms with Gasteiger partial charge in [-0.2, -0.15) is 10.2 Å². The minimum absolute atomic E-state index is 0.634. The van der Waals surface area contributed by atoms with Crippen molar-refractivity contribution in [3.8, 4) is 0 Å². The van der Waals surface area contributed by atoms with Crippen molar-refractivity contribution in [2.45, 2.75) is 46.8 Å². The van der Waals surface area contributed by atoms with Crippen LogP contribution in [0, 0.1) is 20.8 Å². The Labute approximate surface area is 170 Å². The van der Waals surface area contributed by atoms with Gasteiger partial charge in [0.25, 0.3) is 0 Å². The Morgan fingerprint density at radius 3 is 2.41 bits per heavy atom. The van der Waals surface area contributed by atoms with Gasteiger partial charge in [-0.1, -0.05) is 35.3 Å². The fourth-order valence-electron chi connectivity index (χ4n) is 3.13. The Morgan fingerprint density at radius 2 is 1.74 bits per heavy atom. The summed E-state index contributed by atoms with van der Waals surface area (Å²) in [6.07, 6.45) is 1.01. The molecule has 27 heavy (non-hydrogen) atoms. The van der Waals surface area contributed by atoms with Crippen LogP contribution in [0.5, 0.6) is 0 Å². The zero-order chi connectivity index (χ0) is 19.4. The van der Waals surface area contributed by atoms with E-state index < -0.39 is 0 Å². The maximum atomic E-state index is 6.56. The summed E-state index contributed by atoms with van der Waals surface area (Å²) >= 11 is 12.5. The number of benzene rings is 1. The first-order valence-electron chi connectivity index (χ1n) is 9.12. The van der Waals surface area contributed by atoms with E-state index in [1.807, 2.05) is 42.8 Å². The number of aryl methyl sites for hydroxylation is 4. The van der Waals surface area contributed by atoms with Crippen molar-refractivity contribution >= 4 is 23.2 Å². The van der Waals surface area contributed by atoms with Crippen LogP contribution in [0.3, 0.4) is 0 Å². The maximum Gasteiger partial charge on any atom is 0.132 e. The Balaban J connectivity index is 1.52. The number of halogens is 2. The highest BCUT2D eigenvalue weighted by molar-refractivity contribution is 6.30. The first-order valence-corrected chi connectivity index (χ1v) is 9.87. The van der Waals surface area contributed by atoms with Crippen molar-refractivity contribution in [2.75, 3.05) is 6.54 Å². The lowest BCUT2D eigenvalue weighted by Crippen LogP contribution is -2.17. The van der Waals surface area contributed by atoms with Crippen molar-refractivity contribution in [1.82, 2.24) is 24.9 Å². The van der Waals surface area contributed by atoms with Gasteiger partial charge in [-0.3, -0.25) is 4.68 Å². The van der Waals surface area contributed by atoms with Gasteiger partial charge >= 0.3 is 0 Å². The molecule has 0 bridgehead atoms. The summed E-state index contributed by atoms with van der Waals surface area (Å²) in [4.78, 5) is 0. The van der Waals surface area contributed by atoms with Gasteiger partial charge in [-0.25, -0.2) is 4.68 Å². The van der Waals surface area contributed by atoms with Crippen molar-refractivity contribution in [2.24, 2.45) is 0 Å². The van der Waals surface area contributed by atoms with Crippen LogP contribution >= 0.6 is 23.2 Å². The number of aromatic nitrogens is 4. The molecule has 0 amide bonds. The molecule has 0 aliphatic heterocycles. The van der Waals surface area contributed by atoms with Crippen LogP contribution in [0.1, 0.15) is 34.6 Å². The zero-order valence-electron chi connectivity index (χ0n) is 16.0. The van der Waals surface area contributed by atoms with E-state index in [0.29, 0.717) is 18.2 Å². The number of hydrogen-bond acceptors (Lipinski definition) is 3. The van der Waals surface area contributed by atoms with Crippen LogP contribution < -0.4 is 5.32 Å². The largest absolute Gasteiger partial charge is 0.312 e. The summed E-state index contributed by atoms with van der Waals surface area (Å²) in [7, 11) is 0. The molecule has 0 aliphatic carbocycles. The highest BCUT2D eigenvalue weighted by Gasteiger charge is 2.13. The van der Waals surface area contributed by atoms with E-state index in [2.05, 4.69) is 33.2 Å². The normalized spacial score (nSPS) is 11.3. The third kappa shape index (κ3) is 5.12. The standard InChI is InChI=1S/C20H25Cl2N5/c1-14-11-15(2)26(24-14)10-4-9-23-12-19-16(3)25-27(20(19)22)13-17-5-7-18(21)8-6-17/h5-8,11,23H,4,9-10,12-13H2,1-3H3. The second-order valence-electron chi connectivity index (χ2n) is 6.82. The molecule has 0 atom stereocenters. The zero-order valence-corrected chi connectivity index (χ0v) is 17.5. The molecule has 0 unspecified atom stereocenters. The quantitative estimate of drug-likeness (QED) is 0.559. The minimum atomic E-state index is 0.634. The van der Waals surface area contributed by atoms with Gasteiger partial charge < -0.3 is 5.32 Å². The fraction of sp³-hybridized carbons (Fsp3) is 0.400. The van der Waals surface area contributed by atoms with Crippen molar-refractivity contribution < 1.29 is 0 Å². The van der Waals surface area contributed by atoms with Gasteiger partial charge in [0, 0.05) is 29.4 Å². The Kier molecular flexibility index (Phi) is 6.58. The molecule has 144 valence electrons. The molecule has 0 aliphatic rings. The van der Waals surface area contributed by atoms with Gasteiger partial charge in [-0.15, -0.1) is 0 Å². The monoisotopic (exact) mass is 405 g/mol. The molecular formula is C20H25Cl2N5. The molecular weight excluding hydrogens is 381 g/mol. The van der Waals surface area contributed by atoms with Gasteiger partial charge in [0.2, 0.25) is 0 Å². The van der Waals surface area contributed by atoms with Crippen molar-refractivity contribution in [1.29, 1.82) is 0 Å². The maximum absolute atomic E-state index is 6.56. The molecule has 3 rings (SSSR count). The van der Waals surface area contributed by atoms with Crippen molar-refractivity contribution in [3.63, 3.8) is 0 Å². The van der Waals surface area contributed by atoms with E-state index in [1.54, 1.807) is 0 Å². The average molecular weight is 406 g/mol. The Hall–Kier alpha value is -1.82. The van der Waals surface area contributed by atoms with E-state index in [9.17, 15) is 0 Å². The number of hydrogen-bond donors (Lipinski definition) is 1. The molecule has 0 saturated carbocycles. The molecule has 2 aromatic heterocycles. The first kappa shape index (κ1) is 19.9. The predicted octanol–water partition coefficient (Wildman–Crippen LogP) is 4.54. The summed E-state index contributed by atoms with van der Waals surface area (Å²) in [5, 5.41) is 14.0. The SMILES string of the molecule is Cc1cc(C)n(CCCNCc2c(C)nn(Cc3ccc(Cl)cc3)c2Cl)n1. The van der Waals surface area contributed by atoms with Gasteiger partial charge in [0.1, 0.15) is 5.15 Å². The highest BCUT2D eigenvalue weighted by atomic mass is 35.5. The topological polar surface area (TPSA) is 47.7 Å². The molecule has 0 fully saturated rings. The molecule has 0 radical (unpaired) electrons. The third-order valence-electron chi connectivity index (χ3n) is 4.56. The molecule has 5 nitrogen and oxygen atoms in total. The van der Waals surface area contributed by atoms with E-state index in [4.69, 9.17) is 23.2 Å². The lowest BCUT2D eigenvalue weighted by molar-refractivity contribution is 0.531. The molecule has 1 N–H and O–H groups in total. The molecule has 1 aromatic carbocycles. The van der Waals surface area contributed by atoms with Gasteiger partial charge in [0.15, 0.2) is 0 Å². The fourth-order valence-corrected chi connectivity index (χ4v) is 3.55. The van der Waals surface area contributed by atoms with E-state index >= 15 is 0 Å². The minimum Gasteiger partial charge on any atom is -0.312 e. The molecule has 2 heterocycles. The number of nitrogens with one attached hydrogen (secondary N) is 1. The first-order chi connectivity index (χ1) is 12.9. The molecule has 0 saturated heterocycles. The molecule has 0 spiro atoms. The summed E-state index contributed by atoms with van der Waals surface area (Å²) in [6, 6.07) is 9.85. The van der Waals surface area contributed by atoms with Crippen LogP contribution in [-0.4, -0.2) is 26.1 Å². The lowest BCUT2D eigenvalue weighted by atomic mass is 10.2. The van der Waals surface area contributed by atoms with Crippen LogP contribution in [-0.2, 0) is 19.6 Å². The average Bonchev–Trinajstić information content (AvgIpc) is 3.08. The highest BCUT2D eigenvalue weighted by Crippen LogP contribution is 2.21. The second kappa shape index (κ2) is 8.91. The van der Waals surface area contributed by atoms with Gasteiger partial charge in [-0.05, 0) is 57.5 Å². The van der Waals surface area contributed by atoms with Crippen LogP contribution in [0.25, 0.3) is 0 Å². The molecule has 7 heteroatoms. The summed E-state index contributed by atoms with van der Waals surface area (Å²) in [5.41, 5.74) is 5.40. The van der Waals surface area contributed by atoms with E-state index in [-0.39, 0.29) is 0 Å². The second-order valence-corrected chi connectivity index (χ2v) is 7.61. The predicted molar refractivity (Wildman–Crippen MR) is 111 cm³/mol. The van der Waals surface area contributed by atoms with E-state index in [0.717, 1.165) is 47.0 Å². The third-order valence-corrected chi connectivity index (χ3v) is 5.23. The smallest absolute Gasteiger partial charge is 0.132 e. The van der Waals surface area contributed by atoms with Crippen LogP contribution in [0.4, 0.5) is 0 Å².